The van der Waals surface area contributed by atoms with Crippen LogP contribution in [0.1, 0.15) is 39.2 Å². The molecule has 3 aliphatic rings. The molecule has 32 heavy (non-hydrogen) atoms. The van der Waals surface area contributed by atoms with Gasteiger partial charge in [-0.15, -0.1) is 0 Å². The van der Waals surface area contributed by atoms with E-state index in [1.165, 1.54) is 0 Å². The fourth-order valence-corrected chi connectivity index (χ4v) is 4.52. The summed E-state index contributed by atoms with van der Waals surface area (Å²) < 4.78 is 11.5. The number of piperidine rings is 1. The van der Waals surface area contributed by atoms with Crippen molar-refractivity contribution >= 4 is 29.7 Å². The molecule has 2 heterocycles. The minimum Gasteiger partial charge on any atom is -0.478 e. The number of nitriles is 1. The first-order valence-electron chi connectivity index (χ1n) is 10.8. The molecule has 1 aliphatic carbocycles. The Balaban J connectivity index is 1.34. The second kappa shape index (κ2) is 8.91. The summed E-state index contributed by atoms with van der Waals surface area (Å²) in [7, 11) is 0. The highest BCUT2D eigenvalue weighted by Crippen LogP contribution is 2.58. The Morgan fingerprint density at radius 3 is 3.00 bits per heavy atom. The van der Waals surface area contributed by atoms with Gasteiger partial charge < -0.3 is 25.0 Å². The predicted molar refractivity (Wildman–Crippen MR) is 122 cm³/mol. The third-order valence-electron chi connectivity index (χ3n) is 6.36. The van der Waals surface area contributed by atoms with Crippen LogP contribution in [0.5, 0.6) is 0 Å². The molecule has 170 valence electrons. The summed E-state index contributed by atoms with van der Waals surface area (Å²) in [5, 5.41) is 15.9. The number of benzene rings is 1. The summed E-state index contributed by atoms with van der Waals surface area (Å²) in [4.78, 5) is 18.4. The van der Waals surface area contributed by atoms with Gasteiger partial charge in [-0.05, 0) is 57.7 Å². The highest BCUT2D eigenvalue weighted by molar-refractivity contribution is 6.33. The number of nitrogens with zero attached hydrogens (tertiary/aromatic N) is 3. The molecule has 2 N–H and O–H groups in total. The molecule has 0 spiro atoms. The van der Waals surface area contributed by atoms with Crippen molar-refractivity contribution in [3.63, 3.8) is 0 Å². The van der Waals surface area contributed by atoms with E-state index in [-0.39, 0.29) is 23.8 Å². The molecule has 1 aromatic rings. The van der Waals surface area contributed by atoms with Crippen molar-refractivity contribution in [1.82, 2.24) is 10.2 Å². The Bertz CT molecular complexity index is 1000. The zero-order valence-electron chi connectivity index (χ0n) is 18.5. The minimum atomic E-state index is -0.322. The highest BCUT2D eigenvalue weighted by atomic mass is 35.5. The van der Waals surface area contributed by atoms with Crippen molar-refractivity contribution < 1.29 is 14.3 Å². The van der Waals surface area contributed by atoms with E-state index in [4.69, 9.17) is 26.3 Å². The van der Waals surface area contributed by atoms with Crippen molar-refractivity contribution in [2.24, 2.45) is 16.3 Å². The Hall–Kier alpha value is -2.92. The first kappa shape index (κ1) is 22.3. The monoisotopic (exact) mass is 457 g/mol. The van der Waals surface area contributed by atoms with E-state index in [1.54, 1.807) is 24.5 Å². The highest BCUT2D eigenvalue weighted by Gasteiger charge is 2.58. The van der Waals surface area contributed by atoms with Gasteiger partial charge in [-0.2, -0.15) is 5.26 Å². The van der Waals surface area contributed by atoms with Gasteiger partial charge in [-0.3, -0.25) is 0 Å². The average Bonchev–Trinajstić information content (AvgIpc) is 3.49. The summed E-state index contributed by atoms with van der Waals surface area (Å²) >= 11 is 6.29. The summed E-state index contributed by atoms with van der Waals surface area (Å²) in [6.45, 7) is 7.71. The molecule has 2 aliphatic heterocycles. The van der Waals surface area contributed by atoms with Gasteiger partial charge in [0.25, 0.3) is 0 Å². The Kier molecular flexibility index (Phi) is 6.20. The number of amides is 1. The number of carbonyl (C=O) groups is 1. The van der Waals surface area contributed by atoms with Crippen LogP contribution in [0, 0.1) is 22.7 Å². The molecule has 4 rings (SSSR count). The minimum absolute atomic E-state index is 0.105. The molecule has 3 unspecified atom stereocenters. The molecule has 1 saturated carbocycles. The largest absolute Gasteiger partial charge is 0.478 e. The zero-order valence-corrected chi connectivity index (χ0v) is 19.3. The van der Waals surface area contributed by atoms with Crippen LogP contribution >= 0.6 is 11.6 Å². The van der Waals surface area contributed by atoms with Crippen molar-refractivity contribution in [2.45, 2.75) is 45.9 Å². The fraction of sp³-hybridized carbons (Fsp3) is 0.522. The maximum Gasteiger partial charge on any atom is 0.410 e. The zero-order chi connectivity index (χ0) is 22.9. The van der Waals surface area contributed by atoms with Crippen LogP contribution in [0.4, 0.5) is 10.5 Å². The van der Waals surface area contributed by atoms with Gasteiger partial charge >= 0.3 is 6.09 Å². The molecular weight excluding hydrogens is 430 g/mol. The summed E-state index contributed by atoms with van der Waals surface area (Å²) in [5.41, 5.74) is 2.25. The second-order valence-electron chi connectivity index (χ2n) is 8.97. The third-order valence-corrected chi connectivity index (χ3v) is 6.67. The maximum absolute atomic E-state index is 12.2. The number of carbonyl (C=O) groups excluding carboxylic acids is 1. The third kappa shape index (κ3) is 4.63. The Labute approximate surface area is 193 Å². The lowest BCUT2D eigenvalue weighted by molar-refractivity contribution is 0.0514. The first-order chi connectivity index (χ1) is 15.3. The molecule has 0 aromatic heterocycles. The predicted octanol–water partition coefficient (Wildman–Crippen LogP) is 4.09. The number of rotatable bonds is 6. The van der Waals surface area contributed by atoms with Crippen molar-refractivity contribution in [1.29, 1.82) is 5.26 Å². The molecule has 3 atom stereocenters. The lowest BCUT2D eigenvalue weighted by atomic mass is 9.96. The smallest absolute Gasteiger partial charge is 0.410 e. The lowest BCUT2D eigenvalue weighted by Gasteiger charge is -2.32. The average molecular weight is 458 g/mol. The van der Waals surface area contributed by atoms with E-state index >= 15 is 0 Å². The molecule has 2 fully saturated rings. The molecule has 9 heteroatoms. The number of hydrogen-bond acceptors (Lipinski definition) is 7. The molecule has 1 aromatic carbocycles. The van der Waals surface area contributed by atoms with Gasteiger partial charge in [0.2, 0.25) is 0 Å². The number of likely N-dealkylation sites (tertiary alicyclic amines) is 1. The molecule has 0 bridgehead atoms. The van der Waals surface area contributed by atoms with Gasteiger partial charge in [-0.25, -0.2) is 9.79 Å². The normalized spacial score (nSPS) is 26.2. The van der Waals surface area contributed by atoms with E-state index in [9.17, 15) is 4.79 Å². The molecule has 1 amide bonds. The first-order valence-corrected chi connectivity index (χ1v) is 11.2. The van der Waals surface area contributed by atoms with Crippen LogP contribution in [0.15, 0.2) is 34.6 Å². The van der Waals surface area contributed by atoms with Gasteiger partial charge in [-0.1, -0.05) is 11.6 Å². The maximum atomic E-state index is 12.2. The quantitative estimate of drug-likeness (QED) is 0.667. The van der Waals surface area contributed by atoms with Gasteiger partial charge in [0.05, 0.1) is 41.4 Å². The van der Waals surface area contributed by atoms with E-state index in [0.29, 0.717) is 41.2 Å². The number of nitrogens with one attached hydrogen (secondary N) is 2. The SMILES string of the molecule is CC1=C(OCC23CCN(C(=O)OC(C)C)CC2C3)NC=NC1Nc1ccc(C#N)cc1Cl. The summed E-state index contributed by atoms with van der Waals surface area (Å²) in [6.07, 6.45) is 2.93. The summed E-state index contributed by atoms with van der Waals surface area (Å²) in [5.74, 6) is 1.13. The van der Waals surface area contributed by atoms with Crippen molar-refractivity contribution in [3.8, 4) is 6.07 Å². The van der Waals surface area contributed by atoms with E-state index < -0.39 is 0 Å². The van der Waals surface area contributed by atoms with Gasteiger partial charge in [0.1, 0.15) is 6.17 Å². The van der Waals surface area contributed by atoms with E-state index in [2.05, 4.69) is 21.7 Å². The lowest BCUT2D eigenvalue weighted by Crippen LogP contribution is -2.41. The Morgan fingerprint density at radius 1 is 1.50 bits per heavy atom. The van der Waals surface area contributed by atoms with Crippen LogP contribution in [0.3, 0.4) is 0 Å². The fourth-order valence-electron chi connectivity index (χ4n) is 4.29. The number of hydrogen-bond donors (Lipinski definition) is 2. The summed E-state index contributed by atoms with van der Waals surface area (Å²) in [6, 6.07) is 7.19. The van der Waals surface area contributed by atoms with Crippen LogP contribution in [0.25, 0.3) is 0 Å². The molecular formula is C23H28ClN5O3. The standard InChI is InChI=1S/C23H28ClN5O3/c1-14(2)32-22(30)29-7-6-23(9-17(23)11-29)12-31-21-15(3)20(26-13-27-21)28-19-5-4-16(10-25)8-18(19)24/h4-5,8,13-14,17,20,28H,6-7,9,11-12H2,1-3H3,(H,26,27). The molecule has 0 radical (unpaired) electrons. The Morgan fingerprint density at radius 2 is 2.31 bits per heavy atom. The molecule has 8 nitrogen and oxygen atoms in total. The number of halogens is 1. The number of ether oxygens (including phenoxy) is 2. The van der Waals surface area contributed by atoms with Crippen LogP contribution in [-0.2, 0) is 9.47 Å². The van der Waals surface area contributed by atoms with Crippen LogP contribution in [0.2, 0.25) is 5.02 Å². The second-order valence-corrected chi connectivity index (χ2v) is 9.38. The van der Waals surface area contributed by atoms with Crippen molar-refractivity contribution in [3.05, 3.63) is 40.2 Å². The van der Waals surface area contributed by atoms with Crippen LogP contribution in [-0.4, -0.2) is 49.3 Å². The number of anilines is 1. The number of aliphatic imine (C=N–C) groups is 1. The van der Waals surface area contributed by atoms with E-state index in [0.717, 1.165) is 25.0 Å². The van der Waals surface area contributed by atoms with Gasteiger partial charge in [0, 0.05) is 24.1 Å². The van der Waals surface area contributed by atoms with Crippen molar-refractivity contribution in [2.75, 3.05) is 25.0 Å². The van der Waals surface area contributed by atoms with Crippen LogP contribution < -0.4 is 10.6 Å². The topological polar surface area (TPSA) is 99.0 Å². The van der Waals surface area contributed by atoms with E-state index in [1.807, 2.05) is 25.7 Å². The number of fused-ring (bicyclic) bond motifs is 1. The molecule has 1 saturated heterocycles. The van der Waals surface area contributed by atoms with Gasteiger partial charge in [0.15, 0.2) is 5.88 Å².